The third kappa shape index (κ3) is 8.19. The van der Waals surface area contributed by atoms with Crippen molar-refractivity contribution >= 4 is 11.9 Å². The Bertz CT molecular complexity index is 918. The monoisotopic (exact) mass is 444 g/mol. The van der Waals surface area contributed by atoms with Crippen LogP contribution >= 0.6 is 0 Å². The summed E-state index contributed by atoms with van der Waals surface area (Å²) < 4.78 is 24.8. The molecule has 2 aromatic carbocycles. The van der Waals surface area contributed by atoms with E-state index in [1.54, 1.807) is 26.1 Å². The van der Waals surface area contributed by atoms with E-state index in [0.29, 0.717) is 56.5 Å². The Morgan fingerprint density at radius 2 is 1.81 bits per heavy atom. The van der Waals surface area contributed by atoms with Crippen molar-refractivity contribution in [3.05, 3.63) is 64.5 Å². The van der Waals surface area contributed by atoms with Crippen molar-refractivity contribution in [1.82, 2.24) is 16.0 Å². The van der Waals surface area contributed by atoms with E-state index in [0.717, 1.165) is 16.9 Å². The number of nitrogens with one attached hydrogen (secondary N) is 3. The predicted octanol–water partition coefficient (Wildman–Crippen LogP) is 2.95. The molecule has 0 spiro atoms. The molecular formula is C24H33FN4O3. The molecule has 0 unspecified atom stereocenters. The number of benzene rings is 2. The third-order valence-electron chi connectivity index (χ3n) is 4.72. The molecule has 0 radical (unpaired) electrons. The highest BCUT2D eigenvalue weighted by Crippen LogP contribution is 2.20. The number of rotatable bonds is 11. The van der Waals surface area contributed by atoms with Crippen LogP contribution in [0.4, 0.5) is 4.39 Å². The summed E-state index contributed by atoms with van der Waals surface area (Å²) in [4.78, 5) is 16.4. The molecule has 0 bridgehead atoms. The van der Waals surface area contributed by atoms with Gasteiger partial charge in [0.1, 0.15) is 18.2 Å². The largest absolute Gasteiger partial charge is 0.491 e. The number of guanidine groups is 1. The fourth-order valence-electron chi connectivity index (χ4n) is 2.89. The normalized spacial score (nSPS) is 11.2. The lowest BCUT2D eigenvalue weighted by molar-refractivity contribution is 0.0954. The van der Waals surface area contributed by atoms with Gasteiger partial charge in [-0.25, -0.2) is 4.39 Å². The van der Waals surface area contributed by atoms with Crippen LogP contribution in [0.5, 0.6) is 5.75 Å². The summed E-state index contributed by atoms with van der Waals surface area (Å²) in [6.45, 7) is 8.68. The van der Waals surface area contributed by atoms with Crippen molar-refractivity contribution in [2.45, 2.75) is 27.3 Å². The fraction of sp³-hybridized carbons (Fsp3) is 0.417. The molecule has 174 valence electrons. The van der Waals surface area contributed by atoms with Crippen LogP contribution in [-0.2, 0) is 11.3 Å². The Kier molecular flexibility index (Phi) is 10.5. The average molecular weight is 445 g/mol. The molecule has 0 aromatic heterocycles. The molecule has 0 atom stereocenters. The maximum atomic E-state index is 13.6. The van der Waals surface area contributed by atoms with E-state index in [2.05, 4.69) is 20.9 Å². The van der Waals surface area contributed by atoms with E-state index in [1.165, 1.54) is 6.07 Å². The second kappa shape index (κ2) is 13.3. The van der Waals surface area contributed by atoms with Crippen LogP contribution in [0.25, 0.3) is 0 Å². The quantitative estimate of drug-likeness (QED) is 0.282. The summed E-state index contributed by atoms with van der Waals surface area (Å²) in [5.41, 5.74) is 2.93. The predicted molar refractivity (Wildman–Crippen MR) is 125 cm³/mol. The van der Waals surface area contributed by atoms with Crippen molar-refractivity contribution in [3.63, 3.8) is 0 Å². The Morgan fingerprint density at radius 3 is 2.53 bits per heavy atom. The number of halogens is 1. The minimum Gasteiger partial charge on any atom is -0.491 e. The van der Waals surface area contributed by atoms with Gasteiger partial charge < -0.3 is 25.4 Å². The van der Waals surface area contributed by atoms with Crippen molar-refractivity contribution in [2.24, 2.45) is 4.99 Å². The maximum Gasteiger partial charge on any atom is 0.251 e. The summed E-state index contributed by atoms with van der Waals surface area (Å²) >= 11 is 0. The third-order valence-corrected chi connectivity index (χ3v) is 4.72. The number of hydrogen-bond donors (Lipinski definition) is 3. The molecule has 0 aliphatic rings. The minimum absolute atomic E-state index is 0.298. The highest BCUT2D eigenvalue weighted by Gasteiger charge is 2.09. The van der Waals surface area contributed by atoms with Crippen LogP contribution in [0.3, 0.4) is 0 Å². The molecule has 2 aromatic rings. The topological polar surface area (TPSA) is 84.0 Å². The lowest BCUT2D eigenvalue weighted by atomic mass is 10.1. The standard InChI is InChI=1S/C24H33FN4O3/c1-5-31-12-13-32-22-14-17(2)6-8-20(22)16-29-24(26-4)28-11-10-27-23(30)19-9-7-18(3)21(25)15-19/h6-9,14-15H,5,10-13,16H2,1-4H3,(H,27,30)(H2,26,28,29). The number of ether oxygens (including phenoxy) is 2. The fourth-order valence-corrected chi connectivity index (χ4v) is 2.89. The molecule has 7 nitrogen and oxygen atoms in total. The van der Waals surface area contributed by atoms with E-state index in [1.807, 2.05) is 32.0 Å². The summed E-state index contributed by atoms with van der Waals surface area (Å²) in [6.07, 6.45) is 0. The van der Waals surface area contributed by atoms with Gasteiger partial charge in [-0.15, -0.1) is 0 Å². The first-order valence-electron chi connectivity index (χ1n) is 10.7. The number of carbonyl (C=O) groups excluding carboxylic acids is 1. The Morgan fingerprint density at radius 1 is 1.03 bits per heavy atom. The van der Waals surface area contributed by atoms with E-state index in [-0.39, 0.29) is 5.91 Å². The summed E-state index contributed by atoms with van der Waals surface area (Å²) in [5.74, 6) is 0.701. The van der Waals surface area contributed by atoms with E-state index in [9.17, 15) is 9.18 Å². The van der Waals surface area contributed by atoms with Gasteiger partial charge in [-0.05, 0) is 50.1 Å². The minimum atomic E-state index is -0.391. The average Bonchev–Trinajstić information content (AvgIpc) is 2.78. The van der Waals surface area contributed by atoms with E-state index >= 15 is 0 Å². The van der Waals surface area contributed by atoms with Crippen molar-refractivity contribution in [2.75, 3.05) is 40.0 Å². The Labute approximate surface area is 189 Å². The number of aliphatic imine (C=N–C) groups is 1. The second-order valence-corrected chi connectivity index (χ2v) is 7.23. The van der Waals surface area contributed by atoms with Crippen LogP contribution in [0.15, 0.2) is 41.4 Å². The Hall–Kier alpha value is -3.13. The molecule has 0 saturated carbocycles. The maximum absolute atomic E-state index is 13.6. The molecule has 0 saturated heterocycles. The van der Waals surface area contributed by atoms with Gasteiger partial charge in [0.25, 0.3) is 5.91 Å². The van der Waals surface area contributed by atoms with Crippen LogP contribution < -0.4 is 20.7 Å². The van der Waals surface area contributed by atoms with Gasteiger partial charge in [0, 0.05) is 44.4 Å². The van der Waals surface area contributed by atoms with E-state index < -0.39 is 5.82 Å². The Balaban J connectivity index is 1.79. The molecule has 0 aliphatic heterocycles. The molecule has 0 heterocycles. The SMILES string of the molecule is CCOCCOc1cc(C)ccc1CNC(=NC)NCCNC(=O)c1ccc(C)c(F)c1. The molecule has 2 rings (SSSR count). The molecular weight excluding hydrogens is 411 g/mol. The van der Waals surface area contributed by atoms with Gasteiger partial charge in [0.2, 0.25) is 0 Å². The zero-order chi connectivity index (χ0) is 23.3. The number of hydrogen-bond acceptors (Lipinski definition) is 4. The van der Waals surface area contributed by atoms with Gasteiger partial charge in [0.15, 0.2) is 5.96 Å². The first-order chi connectivity index (χ1) is 15.4. The van der Waals surface area contributed by atoms with Gasteiger partial charge in [0.05, 0.1) is 6.61 Å². The van der Waals surface area contributed by atoms with Gasteiger partial charge >= 0.3 is 0 Å². The number of amides is 1. The number of nitrogens with zero attached hydrogens (tertiary/aromatic N) is 1. The lowest BCUT2D eigenvalue weighted by Gasteiger charge is -2.16. The molecule has 0 aliphatic carbocycles. The summed E-state index contributed by atoms with van der Waals surface area (Å²) in [5, 5.41) is 9.16. The number of carbonyl (C=O) groups is 1. The highest BCUT2D eigenvalue weighted by atomic mass is 19.1. The zero-order valence-electron chi connectivity index (χ0n) is 19.3. The van der Waals surface area contributed by atoms with E-state index in [4.69, 9.17) is 9.47 Å². The molecule has 8 heteroatoms. The summed E-state index contributed by atoms with van der Waals surface area (Å²) in [6, 6.07) is 10.5. The van der Waals surface area contributed by atoms with Gasteiger partial charge in [-0.1, -0.05) is 18.2 Å². The van der Waals surface area contributed by atoms with Crippen LogP contribution in [0.1, 0.15) is 34.0 Å². The lowest BCUT2D eigenvalue weighted by Crippen LogP contribution is -2.41. The van der Waals surface area contributed by atoms with Crippen molar-refractivity contribution in [1.29, 1.82) is 0 Å². The zero-order valence-corrected chi connectivity index (χ0v) is 19.3. The van der Waals surface area contributed by atoms with Crippen LogP contribution in [0, 0.1) is 19.7 Å². The molecule has 1 amide bonds. The molecule has 32 heavy (non-hydrogen) atoms. The second-order valence-electron chi connectivity index (χ2n) is 7.23. The van der Waals surface area contributed by atoms with Gasteiger partial charge in [-0.3, -0.25) is 9.79 Å². The number of aryl methyl sites for hydroxylation is 2. The highest BCUT2D eigenvalue weighted by molar-refractivity contribution is 5.94. The molecule has 0 fully saturated rings. The first kappa shape index (κ1) is 25.1. The van der Waals surface area contributed by atoms with Gasteiger partial charge in [-0.2, -0.15) is 0 Å². The van der Waals surface area contributed by atoms with Crippen LogP contribution in [0.2, 0.25) is 0 Å². The van der Waals surface area contributed by atoms with Crippen molar-refractivity contribution in [3.8, 4) is 5.75 Å². The summed E-state index contributed by atoms with van der Waals surface area (Å²) in [7, 11) is 1.68. The molecule has 3 N–H and O–H groups in total. The first-order valence-corrected chi connectivity index (χ1v) is 10.7. The van der Waals surface area contributed by atoms with Crippen LogP contribution in [-0.4, -0.2) is 51.8 Å². The smallest absolute Gasteiger partial charge is 0.251 e. The van der Waals surface area contributed by atoms with Crippen molar-refractivity contribution < 1.29 is 18.7 Å².